The van der Waals surface area contributed by atoms with Crippen LogP contribution in [0.4, 0.5) is 0 Å². The van der Waals surface area contributed by atoms with E-state index in [2.05, 4.69) is 6.58 Å². The Balaban J connectivity index is 2.49. The number of carbonyl (C=O) groups excluding carboxylic acids is 3. The summed E-state index contributed by atoms with van der Waals surface area (Å²) in [6.07, 6.45) is 1.75. The second kappa shape index (κ2) is 7.37. The van der Waals surface area contributed by atoms with Crippen LogP contribution in [0.25, 0.3) is 0 Å². The van der Waals surface area contributed by atoms with Crippen LogP contribution in [0.5, 0.6) is 0 Å². The lowest BCUT2D eigenvalue weighted by Crippen LogP contribution is -2.51. The van der Waals surface area contributed by atoms with Crippen molar-refractivity contribution in [1.82, 2.24) is 0 Å². The molecule has 5 atom stereocenters. The molecule has 2 aliphatic carbocycles. The zero-order chi connectivity index (χ0) is 19.8. The zero-order valence-electron chi connectivity index (χ0n) is 16.6. The summed E-state index contributed by atoms with van der Waals surface area (Å²) in [4.78, 5) is 36.3. The summed E-state index contributed by atoms with van der Waals surface area (Å²) in [5.74, 6) is -1.26. The van der Waals surface area contributed by atoms with Gasteiger partial charge < -0.3 is 9.47 Å². The van der Waals surface area contributed by atoms with E-state index in [1.165, 1.54) is 6.92 Å². The fourth-order valence-corrected chi connectivity index (χ4v) is 4.43. The average Bonchev–Trinajstić information content (AvgIpc) is 2.90. The minimum atomic E-state index is -0.847. The van der Waals surface area contributed by atoms with E-state index in [-0.39, 0.29) is 35.6 Å². The van der Waals surface area contributed by atoms with Gasteiger partial charge in [0.1, 0.15) is 6.10 Å². The van der Waals surface area contributed by atoms with Gasteiger partial charge in [0.05, 0.1) is 5.92 Å². The molecule has 5 unspecified atom stereocenters. The number of ether oxygens (including phenoxy) is 2. The number of rotatable bonds is 4. The molecule has 26 heavy (non-hydrogen) atoms. The molecule has 0 aromatic rings. The molecule has 2 rings (SSSR count). The van der Waals surface area contributed by atoms with Crippen LogP contribution in [-0.4, -0.2) is 29.9 Å². The maximum absolute atomic E-state index is 12.5. The third kappa shape index (κ3) is 3.49. The fraction of sp³-hybridized carbons (Fsp3) is 0.667. The van der Waals surface area contributed by atoms with Gasteiger partial charge in [-0.2, -0.15) is 0 Å². The molecule has 2 aliphatic rings. The maximum Gasteiger partial charge on any atom is 0.308 e. The third-order valence-electron chi connectivity index (χ3n) is 6.02. The molecule has 0 amide bonds. The molecule has 0 saturated heterocycles. The summed E-state index contributed by atoms with van der Waals surface area (Å²) in [6.45, 7) is 14.8. The van der Waals surface area contributed by atoms with Gasteiger partial charge in [-0.15, -0.1) is 0 Å². The van der Waals surface area contributed by atoms with Crippen molar-refractivity contribution in [3.8, 4) is 0 Å². The first-order valence-electron chi connectivity index (χ1n) is 9.26. The summed E-state index contributed by atoms with van der Waals surface area (Å²) in [7, 11) is 0. The van der Waals surface area contributed by atoms with Crippen LogP contribution in [0.3, 0.4) is 0 Å². The second-order valence-corrected chi connectivity index (χ2v) is 8.15. The molecule has 0 aliphatic heterocycles. The van der Waals surface area contributed by atoms with Crippen LogP contribution < -0.4 is 0 Å². The zero-order valence-corrected chi connectivity index (χ0v) is 16.6. The van der Waals surface area contributed by atoms with Crippen LogP contribution in [0.1, 0.15) is 54.4 Å². The second-order valence-electron chi connectivity index (χ2n) is 8.15. The van der Waals surface area contributed by atoms with Gasteiger partial charge in [-0.05, 0) is 38.7 Å². The lowest BCUT2D eigenvalue weighted by atomic mass is 9.62. The van der Waals surface area contributed by atoms with Gasteiger partial charge >= 0.3 is 11.9 Å². The Labute approximate surface area is 155 Å². The molecule has 0 radical (unpaired) electrons. The lowest BCUT2D eigenvalue weighted by molar-refractivity contribution is -0.168. The van der Waals surface area contributed by atoms with Crippen molar-refractivity contribution in [1.29, 1.82) is 0 Å². The Hall–Kier alpha value is -1.91. The van der Waals surface area contributed by atoms with Gasteiger partial charge in [0.2, 0.25) is 0 Å². The molecule has 5 heteroatoms. The number of ketones is 1. The van der Waals surface area contributed by atoms with Gasteiger partial charge in [-0.3, -0.25) is 14.4 Å². The maximum atomic E-state index is 12.5. The molecule has 0 aromatic carbocycles. The number of allylic oxidation sites excluding steroid dienone is 1. The average molecular weight is 362 g/mol. The fourth-order valence-electron chi connectivity index (χ4n) is 4.43. The Morgan fingerprint density at radius 2 is 1.88 bits per heavy atom. The largest absolute Gasteiger partial charge is 0.461 e. The Bertz CT molecular complexity index is 659. The first-order chi connectivity index (χ1) is 12.0. The monoisotopic (exact) mass is 362 g/mol. The highest BCUT2D eigenvalue weighted by molar-refractivity contribution is 5.97. The molecule has 1 spiro atoms. The SMILES string of the molecule is C=C(C)C1CC(OC(=O)C(C)C)C2(C1)C(C)=CC(=O)C(OC(C)=O)C2C. The summed E-state index contributed by atoms with van der Waals surface area (Å²) >= 11 is 0. The van der Waals surface area contributed by atoms with Crippen LogP contribution in [-0.2, 0) is 23.9 Å². The molecule has 1 fully saturated rings. The van der Waals surface area contributed by atoms with Crippen molar-refractivity contribution in [2.24, 2.45) is 23.2 Å². The van der Waals surface area contributed by atoms with Gasteiger partial charge in [-0.25, -0.2) is 0 Å². The first-order valence-corrected chi connectivity index (χ1v) is 9.26. The normalized spacial score (nSPS) is 34.0. The van der Waals surface area contributed by atoms with Crippen LogP contribution in [0.2, 0.25) is 0 Å². The van der Waals surface area contributed by atoms with Crippen molar-refractivity contribution in [3.05, 3.63) is 23.8 Å². The van der Waals surface area contributed by atoms with Gasteiger partial charge in [0, 0.05) is 18.3 Å². The van der Waals surface area contributed by atoms with Crippen molar-refractivity contribution in [3.63, 3.8) is 0 Å². The van der Waals surface area contributed by atoms with Crippen LogP contribution in [0.15, 0.2) is 23.8 Å². The van der Waals surface area contributed by atoms with E-state index in [4.69, 9.17) is 9.47 Å². The summed E-state index contributed by atoms with van der Waals surface area (Å²) in [5.41, 5.74) is 1.40. The Morgan fingerprint density at radius 1 is 1.27 bits per heavy atom. The van der Waals surface area contributed by atoms with E-state index in [0.717, 1.165) is 17.6 Å². The summed E-state index contributed by atoms with van der Waals surface area (Å²) < 4.78 is 11.3. The molecule has 0 N–H and O–H groups in total. The Morgan fingerprint density at radius 3 is 2.38 bits per heavy atom. The van der Waals surface area contributed by atoms with E-state index in [1.807, 2.05) is 20.8 Å². The highest BCUT2D eigenvalue weighted by Gasteiger charge is 2.59. The number of hydrogen-bond acceptors (Lipinski definition) is 5. The highest BCUT2D eigenvalue weighted by Crippen LogP contribution is 2.57. The van der Waals surface area contributed by atoms with Crippen molar-refractivity contribution < 1.29 is 23.9 Å². The van der Waals surface area contributed by atoms with Gasteiger partial charge in [0.15, 0.2) is 11.9 Å². The predicted molar refractivity (Wildman–Crippen MR) is 98.2 cm³/mol. The minimum Gasteiger partial charge on any atom is -0.461 e. The highest BCUT2D eigenvalue weighted by atomic mass is 16.6. The molecule has 0 bridgehead atoms. The van der Waals surface area contributed by atoms with Gasteiger partial charge in [-0.1, -0.05) is 38.5 Å². The lowest BCUT2D eigenvalue weighted by Gasteiger charge is -2.46. The first kappa shape index (κ1) is 20.4. The van der Waals surface area contributed by atoms with E-state index in [9.17, 15) is 14.4 Å². The molecule has 0 heterocycles. The smallest absolute Gasteiger partial charge is 0.308 e. The Kier molecular flexibility index (Phi) is 5.79. The molecule has 0 aromatic heterocycles. The van der Waals surface area contributed by atoms with E-state index in [1.54, 1.807) is 19.9 Å². The van der Waals surface area contributed by atoms with E-state index in [0.29, 0.717) is 6.42 Å². The van der Waals surface area contributed by atoms with E-state index >= 15 is 0 Å². The standard InChI is InChI=1S/C21H30O5/c1-11(2)16-9-18(26-20(24)12(3)4)21(10-16)13(5)8-17(23)19(14(21)6)25-15(7)22/h8,12,14,16,18-19H,1,9-10H2,2-7H3. The molecule has 144 valence electrons. The van der Waals surface area contributed by atoms with Gasteiger partial charge in [0.25, 0.3) is 0 Å². The molecular weight excluding hydrogens is 332 g/mol. The van der Waals surface area contributed by atoms with Crippen LogP contribution in [0, 0.1) is 23.2 Å². The topological polar surface area (TPSA) is 69.7 Å². The minimum absolute atomic E-state index is 0.192. The van der Waals surface area contributed by atoms with Crippen molar-refractivity contribution >= 4 is 17.7 Å². The van der Waals surface area contributed by atoms with Crippen LogP contribution >= 0.6 is 0 Å². The third-order valence-corrected chi connectivity index (χ3v) is 6.02. The molecule has 1 saturated carbocycles. The van der Waals surface area contributed by atoms with Crippen molar-refractivity contribution in [2.75, 3.05) is 0 Å². The number of hydrogen-bond donors (Lipinski definition) is 0. The summed E-state index contributed by atoms with van der Waals surface area (Å²) in [6, 6.07) is 0. The summed E-state index contributed by atoms with van der Waals surface area (Å²) in [5, 5.41) is 0. The van der Waals surface area contributed by atoms with Crippen molar-refractivity contribution in [2.45, 2.75) is 66.6 Å². The molecular formula is C21H30O5. The van der Waals surface area contributed by atoms with E-state index < -0.39 is 17.5 Å². The quantitative estimate of drug-likeness (QED) is 0.564. The number of esters is 2. The molecule has 5 nitrogen and oxygen atoms in total. The predicted octanol–water partition coefficient (Wildman–Crippen LogP) is 3.62. The number of carbonyl (C=O) groups is 3.